The van der Waals surface area contributed by atoms with Crippen LogP contribution >= 0.6 is 0 Å². The maximum atomic E-state index is 13.0. The van der Waals surface area contributed by atoms with Crippen molar-refractivity contribution in [1.82, 2.24) is 0 Å². The molecular formula is C16H17NO4. The summed E-state index contributed by atoms with van der Waals surface area (Å²) in [6.07, 6.45) is 1.27. The number of imide groups is 1. The first-order valence-electron chi connectivity index (χ1n) is 7.24. The Hall–Kier alpha value is -1.88. The van der Waals surface area contributed by atoms with Gasteiger partial charge in [0.25, 0.3) is 0 Å². The molecule has 3 aliphatic rings. The third-order valence-electron chi connectivity index (χ3n) is 5.77. The lowest BCUT2D eigenvalue weighted by atomic mass is 9.59. The maximum absolute atomic E-state index is 13.0. The molecule has 3 heterocycles. The van der Waals surface area contributed by atoms with Crippen molar-refractivity contribution >= 4 is 17.5 Å². The highest BCUT2D eigenvalue weighted by molar-refractivity contribution is 6.26. The first kappa shape index (κ1) is 12.8. The molecule has 0 saturated carbocycles. The molecule has 3 aliphatic heterocycles. The number of carbonyl (C=O) groups excluding carboxylic acids is 2. The number of nitrogens with zero attached hydrogens (tertiary/aromatic N) is 1. The van der Waals surface area contributed by atoms with Crippen molar-refractivity contribution < 1.29 is 19.4 Å². The molecule has 5 nitrogen and oxygen atoms in total. The van der Waals surface area contributed by atoms with E-state index >= 15 is 0 Å². The summed E-state index contributed by atoms with van der Waals surface area (Å²) in [5, 5.41) is 9.62. The Morgan fingerprint density at radius 1 is 1.14 bits per heavy atom. The average Bonchev–Trinajstić information content (AvgIpc) is 3.05. The number of rotatable bonds is 1. The van der Waals surface area contributed by atoms with Crippen molar-refractivity contribution in [2.75, 3.05) is 4.90 Å². The first-order valence-corrected chi connectivity index (χ1v) is 7.24. The van der Waals surface area contributed by atoms with E-state index in [0.717, 1.165) is 12.8 Å². The van der Waals surface area contributed by atoms with E-state index in [1.54, 1.807) is 12.1 Å². The van der Waals surface area contributed by atoms with E-state index in [-0.39, 0.29) is 29.8 Å². The molecule has 0 spiro atoms. The van der Waals surface area contributed by atoms with Crippen LogP contribution in [0.15, 0.2) is 24.3 Å². The van der Waals surface area contributed by atoms with Gasteiger partial charge in [-0.15, -0.1) is 0 Å². The number of fused-ring (bicyclic) bond motifs is 5. The van der Waals surface area contributed by atoms with Gasteiger partial charge in [-0.3, -0.25) is 9.59 Å². The third-order valence-corrected chi connectivity index (χ3v) is 5.77. The number of ether oxygens (including phenoxy) is 1. The van der Waals surface area contributed by atoms with Crippen LogP contribution in [0.4, 0.5) is 5.69 Å². The highest BCUT2D eigenvalue weighted by Gasteiger charge is 2.77. The van der Waals surface area contributed by atoms with E-state index in [2.05, 4.69) is 0 Å². The summed E-state index contributed by atoms with van der Waals surface area (Å²) in [5.41, 5.74) is -1.18. The molecule has 0 radical (unpaired) electrons. The van der Waals surface area contributed by atoms with Crippen molar-refractivity contribution in [1.29, 1.82) is 0 Å². The molecule has 0 aromatic heterocycles. The molecule has 1 N–H and O–H groups in total. The van der Waals surface area contributed by atoms with Crippen molar-refractivity contribution in [3.63, 3.8) is 0 Å². The highest BCUT2D eigenvalue weighted by Crippen LogP contribution is 2.64. The number of anilines is 1. The summed E-state index contributed by atoms with van der Waals surface area (Å²) < 4.78 is 5.88. The summed E-state index contributed by atoms with van der Waals surface area (Å²) >= 11 is 0. The Labute approximate surface area is 122 Å². The normalized spacial score (nSPS) is 41.0. The zero-order valence-electron chi connectivity index (χ0n) is 12.0. The Balaban J connectivity index is 1.87. The van der Waals surface area contributed by atoms with Crippen LogP contribution in [0.1, 0.15) is 26.7 Å². The van der Waals surface area contributed by atoms with Crippen molar-refractivity contribution in [2.24, 2.45) is 10.8 Å². The fourth-order valence-corrected chi connectivity index (χ4v) is 4.30. The van der Waals surface area contributed by atoms with E-state index in [4.69, 9.17) is 4.74 Å². The minimum Gasteiger partial charge on any atom is -0.508 e. The van der Waals surface area contributed by atoms with Gasteiger partial charge in [-0.1, -0.05) is 6.07 Å². The van der Waals surface area contributed by atoms with Gasteiger partial charge in [0, 0.05) is 6.07 Å². The smallest absolute Gasteiger partial charge is 0.243 e. The standard InChI is InChI=1S/C16H17NO4/c1-15-11-6-7-12(21-11)16(15,2)14(20)17(13(15)19)9-4-3-5-10(18)8-9/h3-5,8,11-12,18H,6-7H2,1-2H3/t11-,12+,15+,16-. The average molecular weight is 287 g/mol. The second kappa shape index (κ2) is 3.65. The monoisotopic (exact) mass is 287 g/mol. The molecule has 21 heavy (non-hydrogen) atoms. The van der Waals surface area contributed by atoms with E-state index in [1.165, 1.54) is 17.0 Å². The third kappa shape index (κ3) is 1.22. The molecule has 1 aromatic rings. The second-order valence-electron chi connectivity index (χ2n) is 6.56. The molecule has 2 bridgehead atoms. The number of phenols is 1. The Kier molecular flexibility index (Phi) is 2.23. The lowest BCUT2D eigenvalue weighted by Gasteiger charge is -2.36. The highest BCUT2D eigenvalue weighted by atomic mass is 16.5. The molecule has 0 aliphatic carbocycles. The number of hydrogen-bond donors (Lipinski definition) is 1. The predicted molar refractivity (Wildman–Crippen MR) is 74.7 cm³/mol. The first-order chi connectivity index (χ1) is 9.90. The van der Waals surface area contributed by atoms with Crippen LogP contribution in [-0.4, -0.2) is 29.1 Å². The topological polar surface area (TPSA) is 66.8 Å². The van der Waals surface area contributed by atoms with Crippen molar-refractivity contribution in [2.45, 2.75) is 38.9 Å². The van der Waals surface area contributed by atoms with Gasteiger partial charge in [0.05, 0.1) is 28.7 Å². The summed E-state index contributed by atoms with van der Waals surface area (Å²) in [6, 6.07) is 6.28. The summed E-state index contributed by atoms with van der Waals surface area (Å²) in [4.78, 5) is 27.2. The number of phenolic OH excluding ortho intramolecular Hbond substituents is 1. The fraction of sp³-hybridized carbons (Fsp3) is 0.500. The van der Waals surface area contributed by atoms with Crippen LogP contribution in [0.25, 0.3) is 0 Å². The largest absolute Gasteiger partial charge is 0.508 e. The van der Waals surface area contributed by atoms with Gasteiger partial charge in [-0.2, -0.15) is 0 Å². The Morgan fingerprint density at radius 2 is 1.71 bits per heavy atom. The number of benzene rings is 1. The molecule has 0 unspecified atom stereocenters. The zero-order valence-corrected chi connectivity index (χ0v) is 12.0. The molecule has 4 atom stereocenters. The summed E-state index contributed by atoms with van der Waals surface area (Å²) in [5.74, 6) is -0.389. The van der Waals surface area contributed by atoms with E-state index in [0.29, 0.717) is 5.69 Å². The molecule has 110 valence electrons. The number of amides is 2. The molecule has 2 amide bonds. The van der Waals surface area contributed by atoms with Gasteiger partial charge >= 0.3 is 0 Å². The molecule has 5 heteroatoms. The maximum Gasteiger partial charge on any atom is 0.243 e. The van der Waals surface area contributed by atoms with Gasteiger partial charge in [0.1, 0.15) is 5.75 Å². The minimum absolute atomic E-state index is 0.0414. The van der Waals surface area contributed by atoms with Gasteiger partial charge in [0.2, 0.25) is 11.8 Å². The molecule has 3 saturated heterocycles. The number of carbonyl (C=O) groups is 2. The van der Waals surface area contributed by atoms with Gasteiger partial charge in [-0.25, -0.2) is 4.90 Å². The summed E-state index contributed by atoms with van der Waals surface area (Å²) in [7, 11) is 0. The molecular weight excluding hydrogens is 270 g/mol. The van der Waals surface area contributed by atoms with Crippen LogP contribution in [0.3, 0.4) is 0 Å². The second-order valence-corrected chi connectivity index (χ2v) is 6.56. The van der Waals surface area contributed by atoms with Crippen LogP contribution < -0.4 is 4.90 Å². The van der Waals surface area contributed by atoms with Gasteiger partial charge < -0.3 is 9.84 Å². The fourth-order valence-electron chi connectivity index (χ4n) is 4.30. The molecule has 4 rings (SSSR count). The van der Waals surface area contributed by atoms with E-state index < -0.39 is 10.8 Å². The van der Waals surface area contributed by atoms with Crippen molar-refractivity contribution in [3.05, 3.63) is 24.3 Å². The summed E-state index contributed by atoms with van der Waals surface area (Å²) in [6.45, 7) is 3.69. The van der Waals surface area contributed by atoms with E-state index in [9.17, 15) is 14.7 Å². The Bertz CT molecular complexity index is 638. The van der Waals surface area contributed by atoms with Crippen LogP contribution in [-0.2, 0) is 14.3 Å². The number of hydrogen-bond acceptors (Lipinski definition) is 4. The lowest BCUT2D eigenvalue weighted by Crippen LogP contribution is -2.48. The molecule has 3 fully saturated rings. The SMILES string of the molecule is C[C@@]12C(=O)N(c3cccc(O)c3)C(=O)[C@]1(C)[C@H]1CC[C@@H]2O1. The number of aromatic hydroxyl groups is 1. The van der Waals surface area contributed by atoms with Crippen LogP contribution in [0.2, 0.25) is 0 Å². The lowest BCUT2D eigenvalue weighted by molar-refractivity contribution is -0.132. The zero-order chi connectivity index (χ0) is 15.0. The predicted octanol–water partition coefficient (Wildman–Crippen LogP) is 1.84. The Morgan fingerprint density at radius 3 is 2.24 bits per heavy atom. The quantitative estimate of drug-likeness (QED) is 0.800. The minimum atomic E-state index is -0.807. The van der Waals surface area contributed by atoms with E-state index in [1.807, 2.05) is 13.8 Å². The molecule has 1 aromatic carbocycles. The van der Waals surface area contributed by atoms with Crippen LogP contribution in [0.5, 0.6) is 5.75 Å². The van der Waals surface area contributed by atoms with Gasteiger partial charge in [0.15, 0.2) is 0 Å². The van der Waals surface area contributed by atoms with Crippen molar-refractivity contribution in [3.8, 4) is 5.75 Å². The van der Waals surface area contributed by atoms with Crippen LogP contribution in [0, 0.1) is 10.8 Å². The van der Waals surface area contributed by atoms with Gasteiger partial charge in [-0.05, 0) is 38.8 Å².